The maximum Gasteiger partial charge on any atom is 0.225 e. The number of piperidine rings is 1. The Kier molecular flexibility index (Phi) is 5.26. The third-order valence-corrected chi connectivity index (χ3v) is 3.91. The first-order valence-electron chi connectivity index (χ1n) is 6.55. The summed E-state index contributed by atoms with van der Waals surface area (Å²) in [5.74, 6) is 1.86. The van der Waals surface area contributed by atoms with Crippen molar-refractivity contribution in [3.63, 3.8) is 0 Å². The number of carbonyl (C=O) groups is 1. The molecular formula is C13H26N2O. The molecule has 16 heavy (non-hydrogen) atoms. The lowest BCUT2D eigenvalue weighted by molar-refractivity contribution is -0.137. The molecule has 0 aromatic heterocycles. The zero-order chi connectivity index (χ0) is 12.1. The van der Waals surface area contributed by atoms with E-state index in [-0.39, 0.29) is 5.92 Å². The number of hydrogen-bond acceptors (Lipinski definition) is 2. The molecule has 1 saturated heterocycles. The smallest absolute Gasteiger partial charge is 0.225 e. The van der Waals surface area contributed by atoms with Gasteiger partial charge in [-0.1, -0.05) is 20.8 Å². The SMILES string of the molecule is CC(CCCN)C(=O)N1CCC(C)C(C)C1. The maximum atomic E-state index is 12.1. The molecule has 0 spiro atoms. The molecule has 1 heterocycles. The van der Waals surface area contributed by atoms with Crippen molar-refractivity contribution in [3.8, 4) is 0 Å². The third kappa shape index (κ3) is 3.48. The predicted molar refractivity (Wildman–Crippen MR) is 67.0 cm³/mol. The molecule has 0 radical (unpaired) electrons. The van der Waals surface area contributed by atoms with Gasteiger partial charge in [0.05, 0.1) is 0 Å². The summed E-state index contributed by atoms with van der Waals surface area (Å²) in [4.78, 5) is 14.2. The molecule has 3 nitrogen and oxygen atoms in total. The van der Waals surface area contributed by atoms with Crippen LogP contribution < -0.4 is 5.73 Å². The van der Waals surface area contributed by atoms with Crippen molar-refractivity contribution in [2.75, 3.05) is 19.6 Å². The van der Waals surface area contributed by atoms with E-state index >= 15 is 0 Å². The molecule has 2 N–H and O–H groups in total. The monoisotopic (exact) mass is 226 g/mol. The Morgan fingerprint density at radius 1 is 1.44 bits per heavy atom. The first kappa shape index (κ1) is 13.5. The second-order valence-corrected chi connectivity index (χ2v) is 5.36. The summed E-state index contributed by atoms with van der Waals surface area (Å²) in [6.07, 6.45) is 3.03. The average Bonchev–Trinajstić information content (AvgIpc) is 2.28. The van der Waals surface area contributed by atoms with E-state index in [1.54, 1.807) is 0 Å². The van der Waals surface area contributed by atoms with Crippen LogP contribution in [-0.4, -0.2) is 30.4 Å². The molecule has 94 valence electrons. The Bertz CT molecular complexity index is 230. The second-order valence-electron chi connectivity index (χ2n) is 5.36. The van der Waals surface area contributed by atoms with Crippen LogP contribution in [0.1, 0.15) is 40.0 Å². The fraction of sp³-hybridized carbons (Fsp3) is 0.923. The standard InChI is InChI=1S/C13H26N2O/c1-10-6-8-15(9-12(10)3)13(16)11(2)5-4-7-14/h10-12H,4-9,14H2,1-3H3. The summed E-state index contributed by atoms with van der Waals surface area (Å²) in [6, 6.07) is 0. The highest BCUT2D eigenvalue weighted by atomic mass is 16.2. The molecule has 1 aliphatic heterocycles. The van der Waals surface area contributed by atoms with Crippen molar-refractivity contribution in [1.82, 2.24) is 4.90 Å². The van der Waals surface area contributed by atoms with Gasteiger partial charge in [0.1, 0.15) is 0 Å². The minimum Gasteiger partial charge on any atom is -0.342 e. The minimum absolute atomic E-state index is 0.143. The molecule has 0 saturated carbocycles. The fourth-order valence-electron chi connectivity index (χ4n) is 2.32. The van der Waals surface area contributed by atoms with E-state index in [9.17, 15) is 4.79 Å². The van der Waals surface area contributed by atoms with Gasteiger partial charge in [-0.2, -0.15) is 0 Å². The quantitative estimate of drug-likeness (QED) is 0.795. The molecule has 0 aromatic rings. The molecule has 1 fully saturated rings. The van der Waals surface area contributed by atoms with E-state index < -0.39 is 0 Å². The van der Waals surface area contributed by atoms with Gasteiger partial charge in [-0.3, -0.25) is 4.79 Å². The number of nitrogens with zero attached hydrogens (tertiary/aromatic N) is 1. The Balaban J connectivity index is 2.42. The third-order valence-electron chi connectivity index (χ3n) is 3.91. The lowest BCUT2D eigenvalue weighted by Crippen LogP contribution is -2.44. The van der Waals surface area contributed by atoms with Crippen LogP contribution in [0.4, 0.5) is 0 Å². The van der Waals surface area contributed by atoms with Gasteiger partial charge in [-0.15, -0.1) is 0 Å². The van der Waals surface area contributed by atoms with Crippen molar-refractivity contribution in [2.24, 2.45) is 23.5 Å². The van der Waals surface area contributed by atoms with Crippen LogP contribution in [0.5, 0.6) is 0 Å². The van der Waals surface area contributed by atoms with Gasteiger partial charge in [-0.05, 0) is 37.6 Å². The fourth-order valence-corrected chi connectivity index (χ4v) is 2.32. The Hall–Kier alpha value is -0.570. The van der Waals surface area contributed by atoms with Crippen LogP contribution in [0, 0.1) is 17.8 Å². The number of nitrogens with two attached hydrogens (primary N) is 1. The van der Waals surface area contributed by atoms with E-state index in [0.29, 0.717) is 18.4 Å². The van der Waals surface area contributed by atoms with Gasteiger partial charge < -0.3 is 10.6 Å². The lowest BCUT2D eigenvalue weighted by Gasteiger charge is -2.36. The van der Waals surface area contributed by atoms with Crippen molar-refractivity contribution >= 4 is 5.91 Å². The number of amides is 1. The predicted octanol–water partition coefficient (Wildman–Crippen LogP) is 1.87. The lowest BCUT2D eigenvalue weighted by atomic mass is 9.88. The minimum atomic E-state index is 0.143. The molecule has 0 bridgehead atoms. The number of rotatable bonds is 4. The zero-order valence-corrected chi connectivity index (χ0v) is 10.9. The highest BCUT2D eigenvalue weighted by molar-refractivity contribution is 5.78. The van der Waals surface area contributed by atoms with Gasteiger partial charge in [-0.25, -0.2) is 0 Å². The van der Waals surface area contributed by atoms with E-state index in [0.717, 1.165) is 38.3 Å². The molecule has 3 atom stereocenters. The average molecular weight is 226 g/mol. The van der Waals surface area contributed by atoms with Gasteiger partial charge in [0.2, 0.25) is 5.91 Å². The molecule has 0 aromatic carbocycles. The molecule has 1 amide bonds. The molecule has 3 unspecified atom stereocenters. The Morgan fingerprint density at radius 3 is 2.69 bits per heavy atom. The van der Waals surface area contributed by atoms with Crippen molar-refractivity contribution < 1.29 is 4.79 Å². The first-order chi connectivity index (χ1) is 7.56. The molecule has 1 aliphatic rings. The summed E-state index contributed by atoms with van der Waals surface area (Å²) in [5.41, 5.74) is 5.47. The van der Waals surface area contributed by atoms with Crippen LogP contribution in [0.25, 0.3) is 0 Å². The largest absolute Gasteiger partial charge is 0.342 e. The van der Waals surface area contributed by atoms with Crippen molar-refractivity contribution in [3.05, 3.63) is 0 Å². The number of carbonyl (C=O) groups excluding carboxylic acids is 1. The summed E-state index contributed by atoms with van der Waals surface area (Å²) in [7, 11) is 0. The van der Waals surface area contributed by atoms with E-state index in [1.165, 1.54) is 0 Å². The van der Waals surface area contributed by atoms with E-state index in [1.807, 2.05) is 11.8 Å². The molecule has 1 rings (SSSR count). The number of hydrogen-bond donors (Lipinski definition) is 1. The zero-order valence-electron chi connectivity index (χ0n) is 10.9. The highest BCUT2D eigenvalue weighted by Gasteiger charge is 2.27. The Labute approximate surface area is 99.4 Å². The number of likely N-dealkylation sites (tertiary alicyclic amines) is 1. The van der Waals surface area contributed by atoms with Crippen LogP contribution >= 0.6 is 0 Å². The van der Waals surface area contributed by atoms with E-state index in [4.69, 9.17) is 5.73 Å². The summed E-state index contributed by atoms with van der Waals surface area (Å²) >= 11 is 0. The second kappa shape index (κ2) is 6.24. The van der Waals surface area contributed by atoms with Crippen LogP contribution in [0.2, 0.25) is 0 Å². The van der Waals surface area contributed by atoms with Crippen LogP contribution in [-0.2, 0) is 4.79 Å². The molecule has 0 aliphatic carbocycles. The van der Waals surface area contributed by atoms with Gasteiger partial charge in [0.15, 0.2) is 0 Å². The van der Waals surface area contributed by atoms with Crippen molar-refractivity contribution in [2.45, 2.75) is 40.0 Å². The normalized spacial score (nSPS) is 27.9. The summed E-state index contributed by atoms with van der Waals surface area (Å²) in [6.45, 7) is 9.12. The van der Waals surface area contributed by atoms with Gasteiger partial charge >= 0.3 is 0 Å². The molecular weight excluding hydrogens is 200 g/mol. The summed E-state index contributed by atoms with van der Waals surface area (Å²) < 4.78 is 0. The maximum absolute atomic E-state index is 12.1. The van der Waals surface area contributed by atoms with Gasteiger partial charge in [0, 0.05) is 19.0 Å². The van der Waals surface area contributed by atoms with Gasteiger partial charge in [0.25, 0.3) is 0 Å². The van der Waals surface area contributed by atoms with Crippen LogP contribution in [0.15, 0.2) is 0 Å². The first-order valence-corrected chi connectivity index (χ1v) is 6.55. The molecule has 3 heteroatoms. The van der Waals surface area contributed by atoms with Crippen molar-refractivity contribution in [1.29, 1.82) is 0 Å². The van der Waals surface area contributed by atoms with E-state index in [2.05, 4.69) is 13.8 Å². The summed E-state index contributed by atoms with van der Waals surface area (Å²) in [5, 5.41) is 0. The topological polar surface area (TPSA) is 46.3 Å². The Morgan fingerprint density at radius 2 is 2.12 bits per heavy atom. The highest BCUT2D eigenvalue weighted by Crippen LogP contribution is 2.24. The van der Waals surface area contributed by atoms with Crippen LogP contribution in [0.3, 0.4) is 0 Å².